The highest BCUT2D eigenvalue weighted by atomic mass is 79.9. The van der Waals surface area contributed by atoms with Crippen molar-refractivity contribution in [2.75, 3.05) is 40.3 Å². The van der Waals surface area contributed by atoms with Gasteiger partial charge in [0.1, 0.15) is 0 Å². The molecule has 1 amide bonds. The Balaban J connectivity index is 1.49. The predicted octanol–water partition coefficient (Wildman–Crippen LogP) is 2.78. The van der Waals surface area contributed by atoms with Gasteiger partial charge in [0, 0.05) is 23.1 Å². The molecular formula is C20H28BrN5O2. The van der Waals surface area contributed by atoms with Gasteiger partial charge in [-0.15, -0.1) is 0 Å². The lowest BCUT2D eigenvalue weighted by Gasteiger charge is -2.30. The third-order valence-corrected chi connectivity index (χ3v) is 5.42. The zero-order valence-electron chi connectivity index (χ0n) is 16.5. The highest BCUT2D eigenvalue weighted by Gasteiger charge is 2.26. The topological polar surface area (TPSA) is 74.5 Å². The summed E-state index contributed by atoms with van der Waals surface area (Å²) in [6, 6.07) is 7.82. The van der Waals surface area contributed by atoms with E-state index < -0.39 is 0 Å². The lowest BCUT2D eigenvalue weighted by atomic mass is 9.97. The minimum absolute atomic E-state index is 0.0296. The summed E-state index contributed by atoms with van der Waals surface area (Å²) >= 11 is 3.43. The van der Waals surface area contributed by atoms with Crippen molar-refractivity contribution in [2.24, 2.45) is 5.92 Å². The van der Waals surface area contributed by atoms with Crippen LogP contribution < -0.4 is 5.32 Å². The van der Waals surface area contributed by atoms with Crippen LogP contribution in [0.25, 0.3) is 11.4 Å². The van der Waals surface area contributed by atoms with Crippen molar-refractivity contribution in [3.05, 3.63) is 34.6 Å². The van der Waals surface area contributed by atoms with E-state index in [0.29, 0.717) is 18.3 Å². The fourth-order valence-corrected chi connectivity index (χ4v) is 3.66. The Bertz CT molecular complexity index is 762. The van der Waals surface area contributed by atoms with E-state index in [9.17, 15) is 4.79 Å². The molecule has 1 aliphatic heterocycles. The van der Waals surface area contributed by atoms with E-state index in [1.54, 1.807) is 0 Å². The second-order valence-corrected chi connectivity index (χ2v) is 8.46. The molecule has 7 nitrogen and oxygen atoms in total. The fraction of sp³-hybridized carbons (Fsp3) is 0.550. The summed E-state index contributed by atoms with van der Waals surface area (Å²) in [6.07, 6.45) is 2.91. The van der Waals surface area contributed by atoms with Gasteiger partial charge in [-0.05, 0) is 70.7 Å². The number of carbonyl (C=O) groups excluding carboxylic acids is 1. The zero-order valence-corrected chi connectivity index (χ0v) is 18.1. The smallest absolute Gasteiger partial charge is 0.241 e. The van der Waals surface area contributed by atoms with E-state index in [4.69, 9.17) is 4.52 Å². The average Bonchev–Trinajstić information content (AvgIpc) is 3.14. The number of halogens is 1. The molecule has 1 aliphatic rings. The van der Waals surface area contributed by atoms with Gasteiger partial charge in [0.25, 0.3) is 0 Å². The largest absolute Gasteiger partial charge is 0.356 e. The second kappa shape index (κ2) is 10.1. The molecule has 1 aromatic heterocycles. The highest BCUT2D eigenvalue weighted by molar-refractivity contribution is 9.10. The summed E-state index contributed by atoms with van der Waals surface area (Å²) in [4.78, 5) is 21.3. The van der Waals surface area contributed by atoms with E-state index in [1.165, 1.54) is 0 Å². The molecular weight excluding hydrogens is 422 g/mol. The molecule has 8 heteroatoms. The summed E-state index contributed by atoms with van der Waals surface area (Å²) in [5.41, 5.74) is 0.923. The summed E-state index contributed by atoms with van der Waals surface area (Å²) in [7, 11) is 4.08. The quantitative estimate of drug-likeness (QED) is 0.624. The molecule has 0 bridgehead atoms. The van der Waals surface area contributed by atoms with Crippen LogP contribution in [-0.2, 0) is 11.3 Å². The molecule has 0 saturated carbocycles. The number of hydrogen-bond acceptors (Lipinski definition) is 6. The van der Waals surface area contributed by atoms with Gasteiger partial charge in [-0.1, -0.05) is 21.1 Å². The first-order valence-electron chi connectivity index (χ1n) is 9.74. The zero-order chi connectivity index (χ0) is 19.9. The van der Waals surface area contributed by atoms with Crippen LogP contribution in [0.5, 0.6) is 0 Å². The van der Waals surface area contributed by atoms with Gasteiger partial charge in [0.2, 0.25) is 17.6 Å². The molecule has 0 aliphatic carbocycles. The number of rotatable bonds is 8. The lowest BCUT2D eigenvalue weighted by Crippen LogP contribution is -2.43. The first-order valence-corrected chi connectivity index (χ1v) is 10.5. The van der Waals surface area contributed by atoms with Crippen molar-refractivity contribution in [3.63, 3.8) is 0 Å². The first kappa shape index (κ1) is 21.0. The Morgan fingerprint density at radius 1 is 1.36 bits per heavy atom. The van der Waals surface area contributed by atoms with Crippen molar-refractivity contribution < 1.29 is 9.32 Å². The standard InChI is InChI=1S/C20H28BrN5O2/c1-25(2)11-4-10-22-20(27)16-5-3-12-26(13-16)14-18-23-19(24-28-18)15-6-8-17(21)9-7-15/h6-9,16H,3-5,10-14H2,1-2H3,(H,22,27). The van der Waals surface area contributed by atoms with Crippen molar-refractivity contribution in [2.45, 2.75) is 25.8 Å². The maximum atomic E-state index is 12.5. The molecule has 0 radical (unpaired) electrons. The number of aromatic nitrogens is 2. The van der Waals surface area contributed by atoms with Crippen molar-refractivity contribution in [1.82, 2.24) is 25.3 Å². The Morgan fingerprint density at radius 2 is 2.14 bits per heavy atom. The lowest BCUT2D eigenvalue weighted by molar-refractivity contribution is -0.126. The van der Waals surface area contributed by atoms with Crippen LogP contribution in [0.4, 0.5) is 0 Å². The van der Waals surface area contributed by atoms with Crippen LogP contribution in [0.2, 0.25) is 0 Å². The SMILES string of the molecule is CN(C)CCCNC(=O)C1CCCN(Cc2nc(-c3ccc(Br)cc3)no2)C1. The Labute approximate surface area is 174 Å². The molecule has 1 saturated heterocycles. The number of nitrogens with one attached hydrogen (secondary N) is 1. The maximum absolute atomic E-state index is 12.5. The molecule has 28 heavy (non-hydrogen) atoms. The molecule has 1 aromatic carbocycles. The Kier molecular flexibility index (Phi) is 7.58. The monoisotopic (exact) mass is 449 g/mol. The summed E-state index contributed by atoms with van der Waals surface area (Å²) < 4.78 is 6.44. The van der Waals surface area contributed by atoms with Gasteiger partial charge in [-0.25, -0.2) is 0 Å². The summed E-state index contributed by atoms with van der Waals surface area (Å²) in [6.45, 7) is 3.96. The average molecular weight is 450 g/mol. The fourth-order valence-electron chi connectivity index (χ4n) is 3.39. The third kappa shape index (κ3) is 6.12. The van der Waals surface area contributed by atoms with E-state index in [0.717, 1.165) is 55.5 Å². The minimum atomic E-state index is 0.0296. The Morgan fingerprint density at radius 3 is 2.89 bits per heavy atom. The second-order valence-electron chi connectivity index (χ2n) is 7.54. The van der Waals surface area contributed by atoms with E-state index in [2.05, 4.69) is 41.2 Å². The van der Waals surface area contributed by atoms with Gasteiger partial charge in [-0.3, -0.25) is 9.69 Å². The van der Waals surface area contributed by atoms with Crippen LogP contribution in [0.3, 0.4) is 0 Å². The van der Waals surface area contributed by atoms with E-state index in [1.807, 2.05) is 38.4 Å². The molecule has 152 valence electrons. The molecule has 3 rings (SSSR count). The number of likely N-dealkylation sites (tertiary alicyclic amines) is 1. The number of hydrogen-bond donors (Lipinski definition) is 1. The number of benzene rings is 1. The highest BCUT2D eigenvalue weighted by Crippen LogP contribution is 2.21. The molecule has 0 spiro atoms. The number of amides is 1. The summed E-state index contributed by atoms with van der Waals surface area (Å²) in [5.74, 6) is 1.37. The predicted molar refractivity (Wildman–Crippen MR) is 112 cm³/mol. The molecule has 1 atom stereocenters. The van der Waals surface area contributed by atoms with Gasteiger partial charge >= 0.3 is 0 Å². The van der Waals surface area contributed by atoms with Crippen LogP contribution >= 0.6 is 15.9 Å². The molecule has 2 aromatic rings. The van der Waals surface area contributed by atoms with Crippen molar-refractivity contribution in [1.29, 1.82) is 0 Å². The third-order valence-electron chi connectivity index (χ3n) is 4.89. The van der Waals surface area contributed by atoms with Crippen molar-refractivity contribution in [3.8, 4) is 11.4 Å². The maximum Gasteiger partial charge on any atom is 0.241 e. The van der Waals surface area contributed by atoms with Gasteiger partial charge in [0.05, 0.1) is 12.5 Å². The van der Waals surface area contributed by atoms with E-state index in [-0.39, 0.29) is 11.8 Å². The first-order chi connectivity index (χ1) is 13.5. The number of piperidine rings is 1. The van der Waals surface area contributed by atoms with Crippen LogP contribution in [0.1, 0.15) is 25.2 Å². The minimum Gasteiger partial charge on any atom is -0.356 e. The van der Waals surface area contributed by atoms with Crippen LogP contribution in [0.15, 0.2) is 33.3 Å². The van der Waals surface area contributed by atoms with Crippen LogP contribution in [0, 0.1) is 5.92 Å². The van der Waals surface area contributed by atoms with Gasteiger partial charge < -0.3 is 14.7 Å². The molecule has 2 heterocycles. The molecule has 1 N–H and O–H groups in total. The number of nitrogens with zero attached hydrogens (tertiary/aromatic N) is 4. The van der Waals surface area contributed by atoms with Crippen LogP contribution in [-0.4, -0.2) is 66.1 Å². The normalized spacial score (nSPS) is 17.8. The Hall–Kier alpha value is -1.77. The number of carbonyl (C=O) groups is 1. The van der Waals surface area contributed by atoms with Gasteiger partial charge in [0.15, 0.2) is 0 Å². The van der Waals surface area contributed by atoms with Gasteiger partial charge in [-0.2, -0.15) is 4.98 Å². The van der Waals surface area contributed by atoms with E-state index >= 15 is 0 Å². The van der Waals surface area contributed by atoms with Crippen molar-refractivity contribution >= 4 is 21.8 Å². The molecule has 1 fully saturated rings. The molecule has 1 unspecified atom stereocenters. The summed E-state index contributed by atoms with van der Waals surface area (Å²) in [5, 5.41) is 7.16.